The number of aromatic nitrogens is 2. The van der Waals surface area contributed by atoms with E-state index in [0.29, 0.717) is 16.4 Å². The van der Waals surface area contributed by atoms with Crippen LogP contribution >= 0.6 is 11.5 Å². The minimum absolute atomic E-state index is 0.270. The lowest BCUT2D eigenvalue weighted by molar-refractivity contribution is 0.631. The van der Waals surface area contributed by atoms with Crippen molar-refractivity contribution in [2.75, 3.05) is 0 Å². The molecule has 0 aliphatic carbocycles. The van der Waals surface area contributed by atoms with Gasteiger partial charge in [0.2, 0.25) is 0 Å². The number of nitrogens with zero attached hydrogens (tertiary/aromatic N) is 2. The summed E-state index contributed by atoms with van der Waals surface area (Å²) in [5.74, 6) is 0.368. The Morgan fingerprint density at radius 1 is 0.889 bits per heavy atom. The molecule has 0 aliphatic heterocycles. The van der Waals surface area contributed by atoms with Gasteiger partial charge in [0.15, 0.2) is 5.82 Å². The highest BCUT2D eigenvalue weighted by Gasteiger charge is 2.11. The predicted molar refractivity (Wildman–Crippen MR) is 70.7 cm³/mol. The number of hydrogen-bond acceptors (Lipinski definition) is 3. The summed E-state index contributed by atoms with van der Waals surface area (Å²) < 4.78 is 17.9. The van der Waals surface area contributed by atoms with Crippen LogP contribution in [0.2, 0.25) is 0 Å². The molecule has 0 aliphatic rings. The Morgan fingerprint density at radius 2 is 1.61 bits per heavy atom. The standard InChI is InChI=1S/C14H9FN2S/c15-12-9-5-4-8-11(12)14-16-13(17-18-14)10-6-2-1-3-7-10/h1-9H. The van der Waals surface area contributed by atoms with Crippen molar-refractivity contribution in [2.24, 2.45) is 0 Å². The van der Waals surface area contributed by atoms with Gasteiger partial charge in [0, 0.05) is 11.1 Å². The van der Waals surface area contributed by atoms with E-state index < -0.39 is 0 Å². The van der Waals surface area contributed by atoms with Crippen molar-refractivity contribution in [2.45, 2.75) is 0 Å². The van der Waals surface area contributed by atoms with Crippen LogP contribution in [0.25, 0.3) is 22.0 Å². The lowest BCUT2D eigenvalue weighted by Gasteiger charge is -1.96. The molecule has 0 N–H and O–H groups in total. The van der Waals surface area contributed by atoms with Gasteiger partial charge >= 0.3 is 0 Å². The second-order valence-electron chi connectivity index (χ2n) is 3.77. The molecule has 3 rings (SSSR count). The van der Waals surface area contributed by atoms with Gasteiger partial charge in [-0.05, 0) is 23.7 Å². The summed E-state index contributed by atoms with van der Waals surface area (Å²) in [6.45, 7) is 0. The largest absolute Gasteiger partial charge is 0.214 e. The molecule has 88 valence electrons. The molecule has 0 unspecified atom stereocenters. The van der Waals surface area contributed by atoms with Crippen molar-refractivity contribution in [3.63, 3.8) is 0 Å². The van der Waals surface area contributed by atoms with Crippen LogP contribution in [-0.2, 0) is 0 Å². The molecule has 1 heterocycles. The first-order valence-corrected chi connectivity index (χ1v) is 6.26. The minimum atomic E-state index is -0.270. The van der Waals surface area contributed by atoms with Gasteiger partial charge in [-0.15, -0.1) is 0 Å². The molecule has 0 saturated heterocycles. The highest BCUT2D eigenvalue weighted by molar-refractivity contribution is 7.09. The summed E-state index contributed by atoms with van der Waals surface area (Å²) in [7, 11) is 0. The number of halogens is 1. The van der Waals surface area contributed by atoms with Gasteiger partial charge in [-0.25, -0.2) is 9.37 Å². The van der Waals surface area contributed by atoms with Gasteiger partial charge in [0.25, 0.3) is 0 Å². The first-order chi connectivity index (χ1) is 8.84. The Morgan fingerprint density at radius 3 is 2.39 bits per heavy atom. The number of benzene rings is 2. The van der Waals surface area contributed by atoms with Gasteiger partial charge in [0.05, 0.1) is 0 Å². The minimum Gasteiger partial charge on any atom is -0.214 e. The third-order valence-corrected chi connectivity index (χ3v) is 3.31. The molecule has 0 amide bonds. The van der Waals surface area contributed by atoms with Crippen LogP contribution in [-0.4, -0.2) is 9.36 Å². The Balaban J connectivity index is 2.03. The van der Waals surface area contributed by atoms with E-state index in [1.165, 1.54) is 17.6 Å². The van der Waals surface area contributed by atoms with Crippen LogP contribution in [0.3, 0.4) is 0 Å². The molecule has 2 nitrogen and oxygen atoms in total. The monoisotopic (exact) mass is 256 g/mol. The molecule has 4 heteroatoms. The Bertz CT molecular complexity index is 664. The van der Waals surface area contributed by atoms with E-state index in [1.54, 1.807) is 18.2 Å². The molecule has 0 atom stereocenters. The molecule has 0 saturated carbocycles. The summed E-state index contributed by atoms with van der Waals surface area (Å²) >= 11 is 1.21. The van der Waals surface area contributed by atoms with Crippen LogP contribution in [0.5, 0.6) is 0 Å². The van der Waals surface area contributed by atoms with Gasteiger partial charge < -0.3 is 0 Å². The van der Waals surface area contributed by atoms with Crippen LogP contribution in [0.1, 0.15) is 0 Å². The van der Waals surface area contributed by atoms with Crippen molar-refractivity contribution in [1.82, 2.24) is 9.36 Å². The van der Waals surface area contributed by atoms with E-state index in [2.05, 4.69) is 9.36 Å². The molecule has 1 aromatic heterocycles. The fourth-order valence-corrected chi connectivity index (χ4v) is 2.38. The zero-order chi connectivity index (χ0) is 12.4. The Hall–Kier alpha value is -2.07. The van der Waals surface area contributed by atoms with E-state index in [0.717, 1.165) is 5.56 Å². The third kappa shape index (κ3) is 2.02. The molecular weight excluding hydrogens is 247 g/mol. The number of hydrogen-bond donors (Lipinski definition) is 0. The first-order valence-electron chi connectivity index (χ1n) is 5.48. The molecule has 0 radical (unpaired) electrons. The highest BCUT2D eigenvalue weighted by Crippen LogP contribution is 2.27. The zero-order valence-electron chi connectivity index (χ0n) is 9.38. The highest BCUT2D eigenvalue weighted by atomic mass is 32.1. The quantitative estimate of drug-likeness (QED) is 0.692. The molecule has 0 bridgehead atoms. The van der Waals surface area contributed by atoms with Gasteiger partial charge in [-0.2, -0.15) is 4.37 Å². The molecular formula is C14H9FN2S. The average Bonchev–Trinajstić information content (AvgIpc) is 2.90. The van der Waals surface area contributed by atoms with Gasteiger partial charge in [-0.3, -0.25) is 0 Å². The summed E-state index contributed by atoms with van der Waals surface area (Å²) in [6.07, 6.45) is 0. The fourth-order valence-electron chi connectivity index (χ4n) is 1.67. The lowest BCUT2D eigenvalue weighted by atomic mass is 10.2. The third-order valence-electron chi connectivity index (χ3n) is 2.56. The van der Waals surface area contributed by atoms with Crippen LogP contribution in [0, 0.1) is 5.82 Å². The average molecular weight is 256 g/mol. The second kappa shape index (κ2) is 4.66. The maximum atomic E-state index is 13.6. The van der Waals surface area contributed by atoms with Crippen LogP contribution < -0.4 is 0 Å². The lowest BCUT2D eigenvalue weighted by Crippen LogP contribution is -1.83. The summed E-state index contributed by atoms with van der Waals surface area (Å²) in [6, 6.07) is 16.3. The maximum Gasteiger partial charge on any atom is 0.173 e. The topological polar surface area (TPSA) is 25.8 Å². The van der Waals surface area contributed by atoms with Crippen LogP contribution in [0.15, 0.2) is 54.6 Å². The van der Waals surface area contributed by atoms with Crippen molar-refractivity contribution in [1.29, 1.82) is 0 Å². The Labute approximate surface area is 108 Å². The molecule has 3 aromatic rings. The Kier molecular flexibility index (Phi) is 2.86. The van der Waals surface area contributed by atoms with Crippen LogP contribution in [0.4, 0.5) is 4.39 Å². The van der Waals surface area contributed by atoms with Crippen molar-refractivity contribution in [3.05, 3.63) is 60.4 Å². The zero-order valence-corrected chi connectivity index (χ0v) is 10.2. The molecule has 0 spiro atoms. The van der Waals surface area contributed by atoms with Crippen molar-refractivity contribution >= 4 is 11.5 Å². The smallest absolute Gasteiger partial charge is 0.173 e. The van der Waals surface area contributed by atoms with Gasteiger partial charge in [-0.1, -0.05) is 42.5 Å². The summed E-state index contributed by atoms with van der Waals surface area (Å²) in [5.41, 5.74) is 1.44. The maximum absolute atomic E-state index is 13.6. The first kappa shape index (κ1) is 11.0. The van der Waals surface area contributed by atoms with Crippen molar-refractivity contribution in [3.8, 4) is 22.0 Å². The molecule has 2 aromatic carbocycles. The number of rotatable bonds is 2. The molecule has 18 heavy (non-hydrogen) atoms. The SMILES string of the molecule is Fc1ccccc1-c1nc(-c2ccccc2)ns1. The molecule has 0 fully saturated rings. The van der Waals surface area contributed by atoms with Gasteiger partial charge in [0.1, 0.15) is 10.8 Å². The second-order valence-corrected chi connectivity index (χ2v) is 4.52. The van der Waals surface area contributed by atoms with Crippen molar-refractivity contribution < 1.29 is 4.39 Å². The predicted octanol–water partition coefficient (Wildman–Crippen LogP) is 4.01. The van der Waals surface area contributed by atoms with E-state index >= 15 is 0 Å². The summed E-state index contributed by atoms with van der Waals surface area (Å²) in [4.78, 5) is 4.38. The van der Waals surface area contributed by atoms with E-state index in [9.17, 15) is 4.39 Å². The fraction of sp³-hybridized carbons (Fsp3) is 0. The van der Waals surface area contributed by atoms with E-state index in [4.69, 9.17) is 0 Å². The summed E-state index contributed by atoms with van der Waals surface area (Å²) in [5, 5.41) is 0.604. The van der Waals surface area contributed by atoms with E-state index in [-0.39, 0.29) is 5.82 Å². The normalized spacial score (nSPS) is 10.5. The van der Waals surface area contributed by atoms with E-state index in [1.807, 2.05) is 30.3 Å².